The van der Waals surface area contributed by atoms with Gasteiger partial charge in [-0.25, -0.2) is 0 Å². The number of rotatable bonds is 16. The molecule has 22 heavy (non-hydrogen) atoms. The molecule has 2 atom stereocenters. The van der Waals surface area contributed by atoms with Crippen LogP contribution in [0.2, 0.25) is 0 Å². The molecule has 0 radical (unpaired) electrons. The molecule has 0 rings (SSSR count). The van der Waals surface area contributed by atoms with Crippen molar-refractivity contribution in [1.82, 2.24) is 0 Å². The number of aliphatic carboxylic acids is 1. The van der Waals surface area contributed by atoms with Gasteiger partial charge in [-0.1, -0.05) is 58.3 Å². The van der Waals surface area contributed by atoms with E-state index in [4.69, 9.17) is 5.11 Å². The van der Waals surface area contributed by atoms with Crippen molar-refractivity contribution in [2.24, 2.45) is 0 Å². The van der Waals surface area contributed by atoms with Crippen LogP contribution in [0.1, 0.15) is 96.8 Å². The molecule has 0 amide bonds. The van der Waals surface area contributed by atoms with E-state index in [1.165, 1.54) is 12.8 Å². The molecule has 0 aromatic heterocycles. The van der Waals surface area contributed by atoms with E-state index < -0.39 is 5.97 Å². The van der Waals surface area contributed by atoms with E-state index in [9.17, 15) is 15.0 Å². The molecule has 132 valence electrons. The van der Waals surface area contributed by atoms with Crippen molar-refractivity contribution in [3.8, 4) is 0 Å². The molecule has 0 unspecified atom stereocenters. The van der Waals surface area contributed by atoms with E-state index in [0.29, 0.717) is 12.8 Å². The standard InChI is InChI=1S/C18H36O4/c1-2-3-8-11-16(19)14-15-17(20)12-9-6-4-5-7-10-13-18(21)22/h16-17,19-20H,2-15H2,1H3,(H,21,22)/t16-,17+/m0/s1. The monoisotopic (exact) mass is 316 g/mol. The van der Waals surface area contributed by atoms with Gasteiger partial charge in [0.2, 0.25) is 0 Å². The van der Waals surface area contributed by atoms with E-state index >= 15 is 0 Å². The Kier molecular flexibility index (Phi) is 14.9. The third kappa shape index (κ3) is 15.8. The zero-order valence-electron chi connectivity index (χ0n) is 14.3. The third-order valence-corrected chi connectivity index (χ3v) is 4.15. The molecule has 0 saturated heterocycles. The molecule has 3 N–H and O–H groups in total. The minimum Gasteiger partial charge on any atom is -0.481 e. The molecular weight excluding hydrogens is 280 g/mol. The van der Waals surface area contributed by atoms with Gasteiger partial charge in [-0.3, -0.25) is 4.79 Å². The van der Waals surface area contributed by atoms with E-state index in [1.807, 2.05) is 0 Å². The number of aliphatic hydroxyl groups is 2. The van der Waals surface area contributed by atoms with E-state index in [-0.39, 0.29) is 18.6 Å². The predicted octanol–water partition coefficient (Wildman–Crippen LogP) is 4.27. The molecule has 0 bridgehead atoms. The molecule has 0 aliphatic heterocycles. The van der Waals surface area contributed by atoms with Crippen LogP contribution in [-0.4, -0.2) is 33.5 Å². The maximum absolute atomic E-state index is 10.3. The van der Waals surface area contributed by atoms with Gasteiger partial charge in [-0.2, -0.15) is 0 Å². The summed E-state index contributed by atoms with van der Waals surface area (Å²) in [5.74, 6) is -0.708. The van der Waals surface area contributed by atoms with E-state index in [1.54, 1.807) is 0 Å². The van der Waals surface area contributed by atoms with E-state index in [0.717, 1.165) is 57.8 Å². The molecule has 4 nitrogen and oxygen atoms in total. The minimum absolute atomic E-state index is 0.254. The Morgan fingerprint density at radius 3 is 1.68 bits per heavy atom. The number of unbranched alkanes of at least 4 members (excludes halogenated alkanes) is 7. The van der Waals surface area contributed by atoms with Gasteiger partial charge in [0, 0.05) is 6.42 Å². The summed E-state index contributed by atoms with van der Waals surface area (Å²) < 4.78 is 0. The molecule has 0 aromatic carbocycles. The van der Waals surface area contributed by atoms with Gasteiger partial charge in [0.1, 0.15) is 0 Å². The van der Waals surface area contributed by atoms with Gasteiger partial charge in [-0.15, -0.1) is 0 Å². The van der Waals surface area contributed by atoms with Crippen molar-refractivity contribution in [2.75, 3.05) is 0 Å². The van der Waals surface area contributed by atoms with Crippen molar-refractivity contribution in [1.29, 1.82) is 0 Å². The second-order valence-corrected chi connectivity index (χ2v) is 6.43. The van der Waals surface area contributed by atoms with Gasteiger partial charge in [-0.05, 0) is 32.1 Å². The Bertz CT molecular complexity index is 255. The van der Waals surface area contributed by atoms with Gasteiger partial charge in [0.15, 0.2) is 0 Å². The number of hydrogen-bond donors (Lipinski definition) is 3. The fourth-order valence-electron chi connectivity index (χ4n) is 2.67. The van der Waals surface area contributed by atoms with Crippen LogP contribution in [0.3, 0.4) is 0 Å². The number of aliphatic hydroxyl groups excluding tert-OH is 2. The largest absolute Gasteiger partial charge is 0.481 e. The highest BCUT2D eigenvalue weighted by Crippen LogP contribution is 2.14. The summed E-state index contributed by atoms with van der Waals surface area (Å²) in [7, 11) is 0. The highest BCUT2D eigenvalue weighted by molar-refractivity contribution is 5.66. The number of carboxylic acid groups (broad SMARTS) is 1. The lowest BCUT2D eigenvalue weighted by Gasteiger charge is -2.14. The van der Waals surface area contributed by atoms with Crippen LogP contribution in [0.25, 0.3) is 0 Å². The van der Waals surface area contributed by atoms with Crippen molar-refractivity contribution in [3.63, 3.8) is 0 Å². The van der Waals surface area contributed by atoms with Crippen LogP contribution in [0.4, 0.5) is 0 Å². The van der Waals surface area contributed by atoms with Crippen molar-refractivity contribution in [2.45, 2.75) is 109 Å². The van der Waals surface area contributed by atoms with Crippen molar-refractivity contribution in [3.05, 3.63) is 0 Å². The molecule has 0 aromatic rings. The zero-order valence-corrected chi connectivity index (χ0v) is 14.3. The summed E-state index contributed by atoms with van der Waals surface area (Å²) in [6, 6.07) is 0. The van der Waals surface area contributed by atoms with Crippen LogP contribution >= 0.6 is 0 Å². The SMILES string of the molecule is CCCCC[C@H](O)CC[C@H](O)CCCCCCCCC(=O)O. The quantitative estimate of drug-likeness (QED) is 0.371. The smallest absolute Gasteiger partial charge is 0.303 e. The zero-order chi connectivity index (χ0) is 16.6. The Labute approximate surface area is 135 Å². The summed E-state index contributed by atoms with van der Waals surface area (Å²) in [5, 5.41) is 28.2. The molecule has 0 spiro atoms. The highest BCUT2D eigenvalue weighted by atomic mass is 16.4. The fraction of sp³-hybridized carbons (Fsp3) is 0.944. The second-order valence-electron chi connectivity index (χ2n) is 6.43. The second kappa shape index (κ2) is 15.3. The number of carbonyl (C=O) groups is 1. The predicted molar refractivity (Wildman–Crippen MR) is 90.0 cm³/mol. The molecule has 0 heterocycles. The molecule has 0 fully saturated rings. The lowest BCUT2D eigenvalue weighted by Crippen LogP contribution is -2.13. The topological polar surface area (TPSA) is 77.8 Å². The van der Waals surface area contributed by atoms with Gasteiger partial charge in [0.05, 0.1) is 12.2 Å². The van der Waals surface area contributed by atoms with Crippen molar-refractivity contribution < 1.29 is 20.1 Å². The first-order valence-electron chi connectivity index (χ1n) is 9.14. The first kappa shape index (κ1) is 21.4. The minimum atomic E-state index is -0.708. The van der Waals surface area contributed by atoms with Crippen LogP contribution in [-0.2, 0) is 4.79 Å². The van der Waals surface area contributed by atoms with Gasteiger partial charge < -0.3 is 15.3 Å². The highest BCUT2D eigenvalue weighted by Gasteiger charge is 2.09. The normalized spacial score (nSPS) is 14.0. The maximum Gasteiger partial charge on any atom is 0.303 e. The lowest BCUT2D eigenvalue weighted by molar-refractivity contribution is -0.137. The molecule has 0 saturated carbocycles. The number of carboxylic acids is 1. The van der Waals surface area contributed by atoms with Gasteiger partial charge in [0.25, 0.3) is 0 Å². The molecular formula is C18H36O4. The first-order chi connectivity index (χ1) is 10.6. The fourth-order valence-corrected chi connectivity index (χ4v) is 2.67. The average molecular weight is 316 g/mol. The number of hydrogen-bond acceptors (Lipinski definition) is 3. The first-order valence-corrected chi connectivity index (χ1v) is 9.14. The molecule has 0 aliphatic rings. The summed E-state index contributed by atoms with van der Waals surface area (Å²) in [6.45, 7) is 2.16. The molecule has 0 aliphatic carbocycles. The van der Waals surface area contributed by atoms with Crippen LogP contribution in [0.5, 0.6) is 0 Å². The summed E-state index contributed by atoms with van der Waals surface area (Å²) in [6.07, 6.45) is 12.3. The third-order valence-electron chi connectivity index (χ3n) is 4.15. The van der Waals surface area contributed by atoms with E-state index in [2.05, 4.69) is 6.92 Å². The van der Waals surface area contributed by atoms with Crippen LogP contribution < -0.4 is 0 Å². The molecule has 4 heteroatoms. The Morgan fingerprint density at radius 1 is 0.727 bits per heavy atom. The van der Waals surface area contributed by atoms with Crippen LogP contribution in [0, 0.1) is 0 Å². The van der Waals surface area contributed by atoms with Crippen molar-refractivity contribution >= 4 is 5.97 Å². The Hall–Kier alpha value is -0.610. The Balaban J connectivity index is 3.31. The summed E-state index contributed by atoms with van der Waals surface area (Å²) in [4.78, 5) is 10.3. The van der Waals surface area contributed by atoms with Crippen LogP contribution in [0.15, 0.2) is 0 Å². The maximum atomic E-state index is 10.3. The summed E-state index contributed by atoms with van der Waals surface area (Å²) >= 11 is 0. The lowest BCUT2D eigenvalue weighted by atomic mass is 10.0. The average Bonchev–Trinajstić information content (AvgIpc) is 2.47. The summed E-state index contributed by atoms with van der Waals surface area (Å²) in [5.41, 5.74) is 0. The van der Waals surface area contributed by atoms with Gasteiger partial charge >= 0.3 is 5.97 Å². The Morgan fingerprint density at radius 2 is 1.18 bits per heavy atom.